The zero-order valence-electron chi connectivity index (χ0n) is 11.2. The predicted molar refractivity (Wildman–Crippen MR) is 70.7 cm³/mol. The van der Waals surface area contributed by atoms with E-state index in [1.54, 1.807) is 31.2 Å². The van der Waals surface area contributed by atoms with Crippen LogP contribution in [0.3, 0.4) is 0 Å². The maximum Gasteiger partial charge on any atom is 0.326 e. The van der Waals surface area contributed by atoms with Crippen LogP contribution in [0.2, 0.25) is 0 Å². The Bertz CT molecular complexity index is 516. The zero-order chi connectivity index (χ0) is 14.7. The summed E-state index contributed by atoms with van der Waals surface area (Å²) in [6.45, 7) is 2.24. The van der Waals surface area contributed by atoms with E-state index in [-0.39, 0.29) is 13.0 Å². The van der Waals surface area contributed by atoms with Crippen LogP contribution in [-0.2, 0) is 4.79 Å². The Morgan fingerprint density at radius 1 is 1.40 bits per heavy atom. The largest absolute Gasteiger partial charge is 0.493 e. The number of aliphatic hydroxyl groups is 1. The lowest BCUT2D eigenvalue weighted by atomic mass is 10.1. The molecule has 0 aromatic heterocycles. The average Bonchev–Trinajstić information content (AvgIpc) is 2.81. The number of carboxylic acid groups (broad SMARTS) is 1. The smallest absolute Gasteiger partial charge is 0.326 e. The van der Waals surface area contributed by atoms with Gasteiger partial charge in [-0.25, -0.2) is 4.79 Å². The second kappa shape index (κ2) is 5.92. The van der Waals surface area contributed by atoms with Crippen molar-refractivity contribution in [3.63, 3.8) is 0 Å². The van der Waals surface area contributed by atoms with Crippen molar-refractivity contribution >= 4 is 11.9 Å². The summed E-state index contributed by atoms with van der Waals surface area (Å²) in [6.07, 6.45) is -0.753. The van der Waals surface area contributed by atoms with Crippen LogP contribution in [0.5, 0.6) is 5.75 Å². The van der Waals surface area contributed by atoms with Crippen LogP contribution in [0.25, 0.3) is 0 Å². The third-order valence-corrected chi connectivity index (χ3v) is 3.24. The second-order valence-corrected chi connectivity index (χ2v) is 4.63. The van der Waals surface area contributed by atoms with Crippen molar-refractivity contribution in [2.45, 2.75) is 25.5 Å². The number of para-hydroxylation sites is 1. The molecule has 1 aliphatic rings. The molecule has 0 saturated carbocycles. The van der Waals surface area contributed by atoms with E-state index in [0.717, 1.165) is 0 Å². The van der Waals surface area contributed by atoms with E-state index in [0.29, 0.717) is 17.9 Å². The molecule has 0 spiro atoms. The third-order valence-electron chi connectivity index (χ3n) is 3.24. The molecule has 6 nitrogen and oxygen atoms in total. The fraction of sp³-hybridized carbons (Fsp3) is 0.429. The fourth-order valence-corrected chi connectivity index (χ4v) is 2.35. The number of likely N-dealkylation sites (tertiary alicyclic amines) is 1. The SMILES string of the molecule is CCOc1ccccc1C(=O)N1CC(O)CC1C(=O)O. The van der Waals surface area contributed by atoms with Crippen LogP contribution in [0.1, 0.15) is 23.7 Å². The van der Waals surface area contributed by atoms with E-state index in [4.69, 9.17) is 9.84 Å². The van der Waals surface area contributed by atoms with Crippen molar-refractivity contribution in [3.05, 3.63) is 29.8 Å². The lowest BCUT2D eigenvalue weighted by Gasteiger charge is -2.22. The summed E-state index contributed by atoms with van der Waals surface area (Å²) in [4.78, 5) is 24.8. The van der Waals surface area contributed by atoms with Crippen molar-refractivity contribution in [3.8, 4) is 5.75 Å². The van der Waals surface area contributed by atoms with Crippen molar-refractivity contribution in [2.75, 3.05) is 13.2 Å². The van der Waals surface area contributed by atoms with Gasteiger partial charge in [0.05, 0.1) is 18.3 Å². The molecule has 2 unspecified atom stereocenters. The number of aliphatic carboxylic acids is 1. The van der Waals surface area contributed by atoms with Crippen molar-refractivity contribution in [2.24, 2.45) is 0 Å². The number of nitrogens with zero attached hydrogens (tertiary/aromatic N) is 1. The Kier molecular flexibility index (Phi) is 4.24. The number of benzene rings is 1. The Hall–Kier alpha value is -2.08. The molecule has 1 saturated heterocycles. The van der Waals surface area contributed by atoms with Gasteiger partial charge in [-0.05, 0) is 19.1 Å². The van der Waals surface area contributed by atoms with Gasteiger partial charge in [0.15, 0.2) is 0 Å². The third kappa shape index (κ3) is 2.75. The molecule has 2 N–H and O–H groups in total. The van der Waals surface area contributed by atoms with Crippen LogP contribution in [0, 0.1) is 0 Å². The van der Waals surface area contributed by atoms with Gasteiger partial charge in [-0.1, -0.05) is 12.1 Å². The van der Waals surface area contributed by atoms with Gasteiger partial charge in [0.25, 0.3) is 5.91 Å². The van der Waals surface area contributed by atoms with Crippen molar-refractivity contribution in [1.29, 1.82) is 0 Å². The van der Waals surface area contributed by atoms with Gasteiger partial charge in [-0.2, -0.15) is 0 Å². The number of carboxylic acids is 1. The minimum atomic E-state index is -1.11. The van der Waals surface area contributed by atoms with Gasteiger partial charge in [0.1, 0.15) is 11.8 Å². The number of hydrogen-bond donors (Lipinski definition) is 2. The first kappa shape index (κ1) is 14.3. The molecule has 0 aliphatic carbocycles. The number of carbonyl (C=O) groups excluding carboxylic acids is 1. The summed E-state index contributed by atoms with van der Waals surface area (Å²) < 4.78 is 5.38. The summed E-state index contributed by atoms with van der Waals surface area (Å²) in [6, 6.07) is 5.70. The first-order chi connectivity index (χ1) is 9.54. The van der Waals surface area contributed by atoms with Gasteiger partial charge < -0.3 is 19.8 Å². The maximum absolute atomic E-state index is 12.5. The quantitative estimate of drug-likeness (QED) is 0.849. The minimum absolute atomic E-state index is 0.0241. The van der Waals surface area contributed by atoms with Crippen LogP contribution in [0.15, 0.2) is 24.3 Å². The molecule has 1 fully saturated rings. The van der Waals surface area contributed by atoms with E-state index < -0.39 is 24.0 Å². The molecule has 6 heteroatoms. The number of ether oxygens (including phenoxy) is 1. The Labute approximate surface area is 116 Å². The predicted octanol–water partition coefficient (Wildman–Crippen LogP) is 0.745. The topological polar surface area (TPSA) is 87.1 Å². The zero-order valence-corrected chi connectivity index (χ0v) is 11.2. The van der Waals surface area contributed by atoms with Gasteiger partial charge >= 0.3 is 5.97 Å². The monoisotopic (exact) mass is 279 g/mol. The number of amides is 1. The number of carbonyl (C=O) groups is 2. The number of rotatable bonds is 4. The summed E-state index contributed by atoms with van der Waals surface area (Å²) in [5.41, 5.74) is 0.315. The Morgan fingerprint density at radius 2 is 2.10 bits per heavy atom. The summed E-state index contributed by atoms with van der Waals surface area (Å²) >= 11 is 0. The molecule has 1 amide bonds. The maximum atomic E-state index is 12.5. The molecular weight excluding hydrogens is 262 g/mol. The highest BCUT2D eigenvalue weighted by Crippen LogP contribution is 2.25. The van der Waals surface area contributed by atoms with Gasteiger partial charge in [-0.15, -0.1) is 0 Å². The van der Waals surface area contributed by atoms with Crippen LogP contribution in [-0.4, -0.2) is 52.3 Å². The molecule has 108 valence electrons. The van der Waals surface area contributed by atoms with E-state index in [1.165, 1.54) is 4.90 Å². The highest BCUT2D eigenvalue weighted by Gasteiger charge is 2.39. The summed E-state index contributed by atoms with van der Waals surface area (Å²) in [5, 5.41) is 18.7. The lowest BCUT2D eigenvalue weighted by Crippen LogP contribution is -2.40. The summed E-state index contributed by atoms with van der Waals surface area (Å²) in [7, 11) is 0. The van der Waals surface area contributed by atoms with E-state index in [2.05, 4.69) is 0 Å². The van der Waals surface area contributed by atoms with Crippen LogP contribution >= 0.6 is 0 Å². The highest BCUT2D eigenvalue weighted by atomic mass is 16.5. The van der Waals surface area contributed by atoms with Crippen LogP contribution < -0.4 is 4.74 Å². The first-order valence-corrected chi connectivity index (χ1v) is 6.48. The molecule has 1 aromatic rings. The molecule has 0 bridgehead atoms. The van der Waals surface area contributed by atoms with E-state index >= 15 is 0 Å². The second-order valence-electron chi connectivity index (χ2n) is 4.63. The summed E-state index contributed by atoms with van der Waals surface area (Å²) in [5.74, 6) is -1.12. The standard InChI is InChI=1S/C14H17NO5/c1-2-20-12-6-4-3-5-10(12)13(17)15-8-9(16)7-11(15)14(18)19/h3-6,9,11,16H,2,7-8H2,1H3,(H,18,19). The van der Waals surface area contributed by atoms with E-state index in [9.17, 15) is 14.7 Å². The van der Waals surface area contributed by atoms with Crippen LogP contribution in [0.4, 0.5) is 0 Å². The van der Waals surface area contributed by atoms with Gasteiger partial charge in [0, 0.05) is 13.0 Å². The highest BCUT2D eigenvalue weighted by molar-refractivity contribution is 5.99. The van der Waals surface area contributed by atoms with Crippen molar-refractivity contribution in [1.82, 2.24) is 4.90 Å². The Morgan fingerprint density at radius 3 is 2.75 bits per heavy atom. The number of aliphatic hydroxyl groups excluding tert-OH is 1. The lowest BCUT2D eigenvalue weighted by molar-refractivity contribution is -0.141. The molecule has 2 atom stereocenters. The fourth-order valence-electron chi connectivity index (χ4n) is 2.35. The normalized spacial score (nSPS) is 21.8. The molecule has 0 radical (unpaired) electrons. The van der Waals surface area contributed by atoms with Crippen molar-refractivity contribution < 1.29 is 24.5 Å². The molecular formula is C14H17NO5. The Balaban J connectivity index is 2.29. The van der Waals surface area contributed by atoms with Gasteiger partial charge in [0.2, 0.25) is 0 Å². The average molecular weight is 279 g/mol. The molecule has 20 heavy (non-hydrogen) atoms. The molecule has 2 rings (SSSR count). The number of β-amino-alcohol motifs (C(OH)–C–C–N with tert-alkyl or cyclic N) is 1. The molecule has 1 aromatic carbocycles. The minimum Gasteiger partial charge on any atom is -0.493 e. The van der Waals surface area contributed by atoms with E-state index in [1.807, 2.05) is 0 Å². The molecule has 1 aliphatic heterocycles. The molecule has 1 heterocycles. The van der Waals surface area contributed by atoms with Gasteiger partial charge in [-0.3, -0.25) is 4.79 Å². The first-order valence-electron chi connectivity index (χ1n) is 6.48. The number of hydrogen-bond acceptors (Lipinski definition) is 4.